The van der Waals surface area contributed by atoms with Gasteiger partial charge in [0.2, 0.25) is 0 Å². The number of likely N-dealkylation sites (N-methyl/N-ethyl adjacent to an activating group) is 1. The lowest BCUT2D eigenvalue weighted by atomic mass is 9.78. The molecule has 0 saturated carbocycles. The lowest BCUT2D eigenvalue weighted by molar-refractivity contribution is -0.299. The maximum Gasteiger partial charge on any atom is 0.319 e. The number of urea groups is 1. The number of aliphatic hydroxyl groups excluding tert-OH is 3. The van der Waals surface area contributed by atoms with E-state index in [9.17, 15) is 35.1 Å². The van der Waals surface area contributed by atoms with Crippen molar-refractivity contribution in [2.45, 2.75) is 147 Å². The van der Waals surface area contributed by atoms with E-state index in [2.05, 4.69) is 10.6 Å². The Bertz CT molecular complexity index is 1610. The van der Waals surface area contributed by atoms with Crippen molar-refractivity contribution in [3.63, 3.8) is 0 Å². The van der Waals surface area contributed by atoms with Crippen LogP contribution in [0.5, 0.6) is 0 Å². The highest BCUT2D eigenvalue weighted by atomic mass is 16.7. The van der Waals surface area contributed by atoms with E-state index in [4.69, 9.17) is 14.2 Å². The molecule has 14 nitrogen and oxygen atoms in total. The Kier molecular flexibility index (Phi) is 16.3. The van der Waals surface area contributed by atoms with Crippen molar-refractivity contribution in [1.29, 1.82) is 0 Å². The van der Waals surface area contributed by atoms with Crippen LogP contribution in [0.1, 0.15) is 81.1 Å². The van der Waals surface area contributed by atoms with E-state index < -0.39 is 71.9 Å². The van der Waals surface area contributed by atoms with Crippen LogP contribution in [0.2, 0.25) is 0 Å². The zero-order chi connectivity index (χ0) is 42.4. The standard InChI is InChI=1S/C43H70N4O10/c1-11-34-43(8,54)37(50)29(6)47(20-14-19-44-41(52)45-32-18-17-30-15-12-13-16-31(30)22-32)24-25(2)23-42(7,53)38(27(4)35(48)28(5)39(51)56-34)57-40-36(49)33(46(9)10)21-26(3)55-40/h12-13,15-18,22,25-29,33-38,40,48-50,53-54H,11,14,19-21,23-24H2,1-10H3,(H2,44,45,52)/t25-,26-,27+,28-,29-,33+,34-,35+,36-,37-,38-,40+,42-,43-/m1/s1. The van der Waals surface area contributed by atoms with Gasteiger partial charge in [-0.15, -0.1) is 0 Å². The Morgan fingerprint density at radius 3 is 2.32 bits per heavy atom. The number of hydrogen-bond acceptors (Lipinski definition) is 12. The number of hydrogen-bond donors (Lipinski definition) is 7. The molecule has 322 valence electrons. The fraction of sp³-hybridized carbons (Fsp3) is 0.721. The Morgan fingerprint density at radius 1 is 1.00 bits per heavy atom. The van der Waals surface area contributed by atoms with E-state index >= 15 is 0 Å². The van der Waals surface area contributed by atoms with Crippen LogP contribution >= 0.6 is 0 Å². The van der Waals surface area contributed by atoms with Crippen molar-refractivity contribution in [2.24, 2.45) is 17.8 Å². The second-order valence-electron chi connectivity index (χ2n) is 17.5. The number of nitrogens with zero attached hydrogens (tertiary/aromatic N) is 2. The average Bonchev–Trinajstić information content (AvgIpc) is 3.15. The first-order valence-electron chi connectivity index (χ1n) is 20.6. The van der Waals surface area contributed by atoms with Crippen LogP contribution in [-0.4, -0.2) is 147 Å². The number of nitrogens with one attached hydrogen (secondary N) is 2. The van der Waals surface area contributed by atoms with Gasteiger partial charge in [0.25, 0.3) is 0 Å². The van der Waals surface area contributed by atoms with E-state index in [0.29, 0.717) is 38.2 Å². The number of carbonyl (C=O) groups excluding carboxylic acids is 2. The topological polar surface area (TPSA) is 194 Å². The molecule has 0 radical (unpaired) electrons. The maximum absolute atomic E-state index is 13.6. The molecule has 0 spiro atoms. The molecule has 57 heavy (non-hydrogen) atoms. The van der Waals surface area contributed by atoms with Gasteiger partial charge in [-0.05, 0) is 103 Å². The zero-order valence-electron chi connectivity index (χ0n) is 35.6. The Labute approximate surface area is 338 Å². The summed E-state index contributed by atoms with van der Waals surface area (Å²) in [7, 11) is 3.73. The molecule has 0 unspecified atom stereocenters. The van der Waals surface area contributed by atoms with Crippen LogP contribution in [0.3, 0.4) is 0 Å². The van der Waals surface area contributed by atoms with Gasteiger partial charge in [-0.25, -0.2) is 4.79 Å². The fourth-order valence-corrected chi connectivity index (χ4v) is 8.83. The number of fused-ring (bicyclic) bond motifs is 1. The van der Waals surface area contributed by atoms with Crippen LogP contribution in [-0.2, 0) is 19.0 Å². The first kappa shape index (κ1) is 46.8. The van der Waals surface area contributed by atoms with Gasteiger partial charge in [0.05, 0.1) is 29.8 Å². The highest BCUT2D eigenvalue weighted by Crippen LogP contribution is 2.37. The van der Waals surface area contributed by atoms with E-state index in [0.717, 1.165) is 10.8 Å². The zero-order valence-corrected chi connectivity index (χ0v) is 35.6. The van der Waals surface area contributed by atoms with Crippen LogP contribution in [0.25, 0.3) is 10.8 Å². The average molecular weight is 803 g/mol. The van der Waals surface area contributed by atoms with E-state index in [1.807, 2.05) is 80.2 Å². The molecule has 7 N–H and O–H groups in total. The summed E-state index contributed by atoms with van der Waals surface area (Å²) in [4.78, 5) is 30.4. The highest BCUT2D eigenvalue weighted by molar-refractivity contribution is 5.93. The molecule has 4 rings (SSSR count). The molecular weight excluding hydrogens is 732 g/mol. The van der Waals surface area contributed by atoms with Crippen LogP contribution in [0, 0.1) is 17.8 Å². The van der Waals surface area contributed by atoms with Crippen LogP contribution < -0.4 is 10.6 Å². The molecule has 2 fully saturated rings. The molecule has 0 aliphatic carbocycles. The minimum absolute atomic E-state index is 0.169. The highest BCUT2D eigenvalue weighted by Gasteiger charge is 2.50. The number of amides is 2. The molecule has 2 heterocycles. The smallest absolute Gasteiger partial charge is 0.319 e. The summed E-state index contributed by atoms with van der Waals surface area (Å²) in [6.45, 7) is 14.8. The molecule has 2 aliphatic heterocycles. The molecule has 2 aromatic carbocycles. The van der Waals surface area contributed by atoms with Gasteiger partial charge in [0.15, 0.2) is 6.29 Å². The molecule has 14 atom stereocenters. The molecular formula is C43H70N4O10. The van der Waals surface area contributed by atoms with E-state index in [1.165, 1.54) is 13.8 Å². The Balaban J connectivity index is 1.58. The Hall–Kier alpha value is -2.92. The molecule has 0 bridgehead atoms. The summed E-state index contributed by atoms with van der Waals surface area (Å²) < 4.78 is 18.5. The predicted octanol–water partition coefficient (Wildman–Crippen LogP) is 3.71. The summed E-state index contributed by atoms with van der Waals surface area (Å²) in [5, 5.41) is 66.9. The van der Waals surface area contributed by atoms with E-state index in [1.54, 1.807) is 27.7 Å². The second kappa shape index (κ2) is 19.9. The monoisotopic (exact) mass is 803 g/mol. The van der Waals surface area contributed by atoms with Crippen LogP contribution in [0.4, 0.5) is 10.5 Å². The van der Waals surface area contributed by atoms with Gasteiger partial charge in [-0.1, -0.05) is 51.1 Å². The lowest BCUT2D eigenvalue weighted by Crippen LogP contribution is -2.59. The second-order valence-corrected chi connectivity index (χ2v) is 17.5. The van der Waals surface area contributed by atoms with Crippen LogP contribution in [0.15, 0.2) is 42.5 Å². The summed E-state index contributed by atoms with van der Waals surface area (Å²) in [5.74, 6) is -2.95. The number of cyclic esters (lactones) is 1. The number of aliphatic hydroxyl groups is 5. The minimum Gasteiger partial charge on any atom is -0.459 e. The number of carbonyl (C=O) groups is 2. The molecule has 2 amide bonds. The quantitative estimate of drug-likeness (QED) is 0.144. The fourth-order valence-electron chi connectivity index (χ4n) is 8.83. The number of benzene rings is 2. The maximum atomic E-state index is 13.6. The molecule has 0 aromatic heterocycles. The summed E-state index contributed by atoms with van der Waals surface area (Å²) in [6.07, 6.45) is -5.95. The first-order valence-corrected chi connectivity index (χ1v) is 20.6. The van der Waals surface area contributed by atoms with Crippen molar-refractivity contribution in [2.75, 3.05) is 39.0 Å². The minimum atomic E-state index is -1.87. The van der Waals surface area contributed by atoms with Gasteiger partial charge in [0.1, 0.15) is 23.9 Å². The summed E-state index contributed by atoms with van der Waals surface area (Å²) >= 11 is 0. The van der Waals surface area contributed by atoms with Gasteiger partial charge in [-0.2, -0.15) is 0 Å². The van der Waals surface area contributed by atoms with Crippen molar-refractivity contribution in [3.05, 3.63) is 42.5 Å². The van der Waals surface area contributed by atoms with Crippen molar-refractivity contribution in [1.82, 2.24) is 15.1 Å². The first-order chi connectivity index (χ1) is 26.7. The lowest BCUT2D eigenvalue weighted by Gasteiger charge is -2.46. The number of esters is 1. The van der Waals surface area contributed by atoms with Crippen molar-refractivity contribution < 1.29 is 49.3 Å². The molecule has 2 saturated heterocycles. The van der Waals surface area contributed by atoms with Gasteiger partial charge >= 0.3 is 12.0 Å². The number of ether oxygens (including phenoxy) is 3. The SMILES string of the molecule is CC[C@H]1OC(=O)[C@H](C)[C@@H](O)[C@H](C)[C@@H](O[C@@H]2O[C@H](C)C[C@H](N(C)C)[C@H]2O)[C@](C)(O)C[C@@H](C)CN(CCCNC(=O)Nc2ccc3ccccc3c2)[C@H](C)[C@@H](O)[C@]1(C)O. The number of anilines is 1. The van der Waals surface area contributed by atoms with Crippen molar-refractivity contribution in [3.8, 4) is 0 Å². The normalized spacial score (nSPS) is 37.9. The van der Waals surface area contributed by atoms with Gasteiger partial charge < -0.3 is 55.3 Å². The largest absolute Gasteiger partial charge is 0.459 e. The molecule has 2 aromatic rings. The summed E-state index contributed by atoms with van der Waals surface area (Å²) in [5.41, 5.74) is -2.81. The molecule has 14 heteroatoms. The predicted molar refractivity (Wildman–Crippen MR) is 219 cm³/mol. The Morgan fingerprint density at radius 2 is 1.67 bits per heavy atom. The third kappa shape index (κ3) is 11.6. The third-order valence-electron chi connectivity index (χ3n) is 12.2. The van der Waals surface area contributed by atoms with E-state index in [-0.39, 0.29) is 36.9 Å². The number of rotatable bonds is 9. The molecule has 2 aliphatic rings. The van der Waals surface area contributed by atoms with Gasteiger partial charge in [0, 0.05) is 43.3 Å². The third-order valence-corrected chi connectivity index (χ3v) is 12.2. The van der Waals surface area contributed by atoms with Gasteiger partial charge in [-0.3, -0.25) is 9.69 Å². The van der Waals surface area contributed by atoms with Crippen molar-refractivity contribution >= 4 is 28.5 Å². The summed E-state index contributed by atoms with van der Waals surface area (Å²) in [6, 6.07) is 12.3.